The normalized spacial score (nSPS) is 12.9. The molecule has 9 heteroatoms. The molecule has 1 heterocycles. The molecule has 6 nitrogen and oxygen atoms in total. The summed E-state index contributed by atoms with van der Waals surface area (Å²) in [4.78, 5) is 12.6. The zero-order valence-electron chi connectivity index (χ0n) is 14.7. The van der Waals surface area contributed by atoms with E-state index in [1.807, 2.05) is 13.0 Å². The van der Waals surface area contributed by atoms with Crippen molar-refractivity contribution in [2.24, 2.45) is 0 Å². The standard InChI is InChI=1S/C18H18F3N5O/c1-11-8-13(6-7-16(11)22)10-25-17(27)26(24-23-25)12(2)14-4-3-5-15(9-14)18(19,20)21/h3-9,12H,10,22H2,1-2H3. The van der Waals surface area contributed by atoms with Crippen molar-refractivity contribution >= 4 is 5.69 Å². The Morgan fingerprint density at radius 2 is 1.89 bits per heavy atom. The first-order chi connectivity index (χ1) is 12.7. The molecule has 0 aliphatic carbocycles. The Morgan fingerprint density at radius 1 is 1.15 bits per heavy atom. The number of rotatable bonds is 4. The van der Waals surface area contributed by atoms with Gasteiger partial charge in [0.15, 0.2) is 0 Å². The molecule has 1 aromatic heterocycles. The third kappa shape index (κ3) is 3.86. The number of hydrogen-bond donors (Lipinski definition) is 1. The predicted octanol–water partition coefficient (Wildman–Crippen LogP) is 3.01. The van der Waals surface area contributed by atoms with Gasteiger partial charge in [-0.25, -0.2) is 4.79 Å². The molecule has 1 unspecified atom stereocenters. The molecule has 27 heavy (non-hydrogen) atoms. The van der Waals surface area contributed by atoms with Gasteiger partial charge < -0.3 is 5.73 Å². The van der Waals surface area contributed by atoms with Crippen LogP contribution in [0.15, 0.2) is 47.3 Å². The Bertz CT molecular complexity index is 1020. The fourth-order valence-corrected chi connectivity index (χ4v) is 2.75. The van der Waals surface area contributed by atoms with E-state index >= 15 is 0 Å². The summed E-state index contributed by atoms with van der Waals surface area (Å²) in [6.07, 6.45) is -4.45. The minimum atomic E-state index is -4.45. The van der Waals surface area contributed by atoms with E-state index in [0.29, 0.717) is 11.3 Å². The fourth-order valence-electron chi connectivity index (χ4n) is 2.75. The molecule has 1 atom stereocenters. The van der Waals surface area contributed by atoms with Crippen molar-refractivity contribution in [3.05, 3.63) is 75.2 Å². The zero-order valence-corrected chi connectivity index (χ0v) is 14.7. The quantitative estimate of drug-likeness (QED) is 0.709. The van der Waals surface area contributed by atoms with Crippen LogP contribution in [0.1, 0.15) is 35.2 Å². The van der Waals surface area contributed by atoms with Crippen LogP contribution in [-0.2, 0) is 12.7 Å². The number of nitrogens with two attached hydrogens (primary N) is 1. The lowest BCUT2D eigenvalue weighted by Crippen LogP contribution is -2.28. The van der Waals surface area contributed by atoms with Crippen molar-refractivity contribution in [1.29, 1.82) is 0 Å². The second-order valence-electron chi connectivity index (χ2n) is 6.35. The van der Waals surface area contributed by atoms with Gasteiger partial charge in [-0.1, -0.05) is 24.3 Å². The molecule has 0 spiro atoms. The summed E-state index contributed by atoms with van der Waals surface area (Å²) in [5, 5.41) is 7.68. The third-order valence-corrected chi connectivity index (χ3v) is 4.39. The number of nitrogen functional groups attached to an aromatic ring is 1. The highest BCUT2D eigenvalue weighted by atomic mass is 19.4. The number of benzene rings is 2. The van der Waals surface area contributed by atoms with Gasteiger partial charge in [0.05, 0.1) is 18.2 Å². The van der Waals surface area contributed by atoms with E-state index in [9.17, 15) is 18.0 Å². The summed E-state index contributed by atoms with van der Waals surface area (Å²) >= 11 is 0. The SMILES string of the molecule is Cc1cc(Cn2nnn(C(C)c3cccc(C(F)(F)F)c3)c2=O)ccc1N. The molecule has 0 fully saturated rings. The molecule has 3 rings (SSSR count). The number of halogens is 3. The Morgan fingerprint density at radius 3 is 2.56 bits per heavy atom. The molecule has 0 bridgehead atoms. The van der Waals surface area contributed by atoms with Crippen LogP contribution in [0.4, 0.5) is 18.9 Å². The third-order valence-electron chi connectivity index (χ3n) is 4.39. The van der Waals surface area contributed by atoms with E-state index in [4.69, 9.17) is 5.73 Å². The van der Waals surface area contributed by atoms with Gasteiger partial charge in [-0.3, -0.25) is 0 Å². The minimum absolute atomic E-state index is 0.190. The van der Waals surface area contributed by atoms with Crippen LogP contribution in [0.5, 0.6) is 0 Å². The molecule has 0 radical (unpaired) electrons. The summed E-state index contributed by atoms with van der Waals surface area (Å²) in [6, 6.07) is 9.50. The number of tetrazole rings is 1. The maximum atomic E-state index is 12.9. The van der Waals surface area contributed by atoms with Gasteiger partial charge in [0.1, 0.15) is 0 Å². The van der Waals surface area contributed by atoms with E-state index in [-0.39, 0.29) is 6.54 Å². The number of aryl methyl sites for hydroxylation is 1. The van der Waals surface area contributed by atoms with Crippen LogP contribution in [0.25, 0.3) is 0 Å². The molecular weight excluding hydrogens is 359 g/mol. The average molecular weight is 377 g/mol. The molecular formula is C18H18F3N5O. The largest absolute Gasteiger partial charge is 0.416 e. The predicted molar refractivity (Wildman–Crippen MR) is 94.2 cm³/mol. The van der Waals surface area contributed by atoms with Crippen LogP contribution >= 0.6 is 0 Å². The van der Waals surface area contributed by atoms with E-state index in [1.54, 1.807) is 19.1 Å². The van der Waals surface area contributed by atoms with Crippen LogP contribution in [0.2, 0.25) is 0 Å². The number of aromatic nitrogens is 4. The van der Waals surface area contributed by atoms with Gasteiger partial charge >= 0.3 is 11.9 Å². The lowest BCUT2D eigenvalue weighted by Gasteiger charge is -2.13. The first-order valence-electron chi connectivity index (χ1n) is 8.21. The maximum absolute atomic E-state index is 12.9. The summed E-state index contributed by atoms with van der Waals surface area (Å²) in [7, 11) is 0. The second-order valence-corrected chi connectivity index (χ2v) is 6.35. The van der Waals surface area contributed by atoms with Crippen LogP contribution in [0.3, 0.4) is 0 Å². The van der Waals surface area contributed by atoms with Crippen LogP contribution < -0.4 is 11.4 Å². The molecule has 2 aromatic carbocycles. The molecule has 0 aliphatic rings. The maximum Gasteiger partial charge on any atom is 0.416 e. The van der Waals surface area contributed by atoms with Crippen molar-refractivity contribution in [3.8, 4) is 0 Å². The minimum Gasteiger partial charge on any atom is -0.399 e. The zero-order chi connectivity index (χ0) is 19.8. The number of nitrogens with zero attached hydrogens (tertiary/aromatic N) is 4. The summed E-state index contributed by atoms with van der Waals surface area (Å²) in [5.41, 5.74) is 7.17. The first-order valence-corrected chi connectivity index (χ1v) is 8.21. The summed E-state index contributed by atoms with van der Waals surface area (Å²) < 4.78 is 41.0. The van der Waals surface area contributed by atoms with Crippen LogP contribution in [0, 0.1) is 6.92 Å². The molecule has 3 aromatic rings. The van der Waals surface area contributed by atoms with Crippen LogP contribution in [-0.4, -0.2) is 19.8 Å². The van der Waals surface area contributed by atoms with Crippen molar-refractivity contribution in [3.63, 3.8) is 0 Å². The molecule has 2 N–H and O–H groups in total. The molecule has 0 aliphatic heterocycles. The van der Waals surface area contributed by atoms with E-state index in [2.05, 4.69) is 10.4 Å². The summed E-state index contributed by atoms with van der Waals surface area (Å²) in [6.45, 7) is 3.65. The van der Waals surface area contributed by atoms with E-state index in [1.165, 1.54) is 12.1 Å². The lowest BCUT2D eigenvalue weighted by molar-refractivity contribution is -0.137. The molecule has 0 saturated heterocycles. The Balaban J connectivity index is 1.88. The molecule has 142 valence electrons. The average Bonchev–Trinajstić information content (AvgIpc) is 2.97. The van der Waals surface area contributed by atoms with E-state index < -0.39 is 23.5 Å². The smallest absolute Gasteiger partial charge is 0.399 e. The van der Waals surface area contributed by atoms with Gasteiger partial charge in [-0.05, 0) is 59.2 Å². The Hall–Kier alpha value is -3.10. The molecule has 0 amide bonds. The summed E-state index contributed by atoms with van der Waals surface area (Å²) in [5.74, 6) is 0. The monoisotopic (exact) mass is 377 g/mol. The lowest BCUT2D eigenvalue weighted by atomic mass is 10.1. The van der Waals surface area contributed by atoms with Gasteiger partial charge in [0.25, 0.3) is 0 Å². The second kappa shape index (κ2) is 6.90. The highest BCUT2D eigenvalue weighted by Crippen LogP contribution is 2.31. The van der Waals surface area contributed by atoms with Gasteiger partial charge in [0, 0.05) is 5.69 Å². The van der Waals surface area contributed by atoms with Crippen molar-refractivity contribution in [2.75, 3.05) is 5.73 Å². The Labute approximate surface area is 153 Å². The van der Waals surface area contributed by atoms with Crippen molar-refractivity contribution in [2.45, 2.75) is 32.6 Å². The number of hydrogen-bond acceptors (Lipinski definition) is 4. The van der Waals surface area contributed by atoms with Crippen molar-refractivity contribution < 1.29 is 13.2 Å². The highest BCUT2D eigenvalue weighted by Gasteiger charge is 2.31. The molecule has 0 saturated carbocycles. The topological polar surface area (TPSA) is 78.7 Å². The van der Waals surface area contributed by atoms with Gasteiger partial charge in [-0.2, -0.15) is 22.5 Å². The Kier molecular flexibility index (Phi) is 4.77. The first kappa shape index (κ1) is 18.7. The fraction of sp³-hybridized carbons (Fsp3) is 0.278. The van der Waals surface area contributed by atoms with E-state index in [0.717, 1.165) is 32.6 Å². The number of alkyl halides is 3. The number of anilines is 1. The van der Waals surface area contributed by atoms with Crippen molar-refractivity contribution in [1.82, 2.24) is 19.8 Å². The van der Waals surface area contributed by atoms with Gasteiger partial charge in [0.2, 0.25) is 0 Å². The van der Waals surface area contributed by atoms with Gasteiger partial charge in [-0.15, -0.1) is 0 Å². The highest BCUT2D eigenvalue weighted by molar-refractivity contribution is 5.47.